The number of aliphatic carboxylic acids is 1. The van der Waals surface area contributed by atoms with Crippen LogP contribution in [-0.4, -0.2) is 43.5 Å². The molecule has 1 fully saturated rings. The Hall–Kier alpha value is -1.12. The number of sulfonamides is 1. The molecule has 1 aromatic carbocycles. The van der Waals surface area contributed by atoms with Crippen molar-refractivity contribution >= 4 is 31.9 Å². The second kappa shape index (κ2) is 6.55. The van der Waals surface area contributed by atoms with Crippen molar-refractivity contribution in [3.8, 4) is 5.75 Å². The van der Waals surface area contributed by atoms with Crippen molar-refractivity contribution in [2.75, 3.05) is 13.7 Å². The van der Waals surface area contributed by atoms with Crippen molar-refractivity contribution in [2.45, 2.75) is 30.7 Å². The first kappa shape index (κ1) is 17.2. The van der Waals surface area contributed by atoms with Gasteiger partial charge < -0.3 is 9.84 Å². The first-order valence-electron chi connectivity index (χ1n) is 6.85. The van der Waals surface area contributed by atoms with E-state index >= 15 is 0 Å². The van der Waals surface area contributed by atoms with E-state index in [1.54, 1.807) is 19.1 Å². The molecule has 0 aliphatic carbocycles. The summed E-state index contributed by atoms with van der Waals surface area (Å²) >= 11 is 3.25. The molecule has 22 heavy (non-hydrogen) atoms. The van der Waals surface area contributed by atoms with Crippen LogP contribution >= 0.6 is 15.9 Å². The second-order valence-corrected chi connectivity index (χ2v) is 8.05. The summed E-state index contributed by atoms with van der Waals surface area (Å²) < 4.78 is 32.4. The third kappa shape index (κ3) is 3.28. The second-order valence-electron chi connectivity index (χ2n) is 5.33. The lowest BCUT2D eigenvalue weighted by atomic mass is 9.96. The molecular weight excluding hydrogens is 374 g/mol. The van der Waals surface area contributed by atoms with Gasteiger partial charge in [-0.2, -0.15) is 4.31 Å². The molecule has 0 bridgehead atoms. The predicted molar refractivity (Wildman–Crippen MR) is 84.4 cm³/mol. The molecule has 1 aliphatic rings. The summed E-state index contributed by atoms with van der Waals surface area (Å²) in [5, 5.41) is 9.15. The molecule has 1 N–H and O–H groups in total. The lowest BCUT2D eigenvalue weighted by Crippen LogP contribution is -2.47. The molecule has 0 aromatic heterocycles. The van der Waals surface area contributed by atoms with Crippen molar-refractivity contribution in [3.05, 3.63) is 22.7 Å². The molecule has 8 heteroatoms. The molecule has 0 radical (unpaired) electrons. The van der Waals surface area contributed by atoms with E-state index in [2.05, 4.69) is 15.9 Å². The number of rotatable bonds is 4. The Labute approximate surface area is 138 Å². The molecule has 1 aromatic rings. The Morgan fingerprint density at radius 1 is 1.41 bits per heavy atom. The van der Waals surface area contributed by atoms with Crippen LogP contribution in [0.15, 0.2) is 27.6 Å². The van der Waals surface area contributed by atoms with Gasteiger partial charge in [0, 0.05) is 17.1 Å². The molecule has 122 valence electrons. The largest absolute Gasteiger partial charge is 0.497 e. The molecule has 0 saturated carbocycles. The van der Waals surface area contributed by atoms with Crippen LogP contribution in [0.2, 0.25) is 0 Å². The molecule has 0 spiro atoms. The maximum atomic E-state index is 12.8. The minimum Gasteiger partial charge on any atom is -0.497 e. The maximum absolute atomic E-state index is 12.8. The summed E-state index contributed by atoms with van der Waals surface area (Å²) in [5.41, 5.74) is 0. The lowest BCUT2D eigenvalue weighted by molar-refractivity contribution is -0.143. The summed E-state index contributed by atoms with van der Waals surface area (Å²) in [6.45, 7) is 1.80. The van der Waals surface area contributed by atoms with Crippen LogP contribution in [0.4, 0.5) is 0 Å². The van der Waals surface area contributed by atoms with Gasteiger partial charge in [-0.15, -0.1) is 0 Å². The van der Waals surface area contributed by atoms with E-state index in [0.29, 0.717) is 23.1 Å². The van der Waals surface area contributed by atoms with E-state index in [1.807, 2.05) is 0 Å². The molecule has 2 unspecified atom stereocenters. The standard InChI is InChI=1S/C14H18BrNO5S/c1-9-3-4-10(14(17)18)8-16(9)22(19,20)13-6-5-11(21-2)7-12(13)15/h5-7,9-10H,3-4,8H2,1-2H3,(H,17,18). The average Bonchev–Trinajstić information content (AvgIpc) is 2.46. The number of piperidine rings is 1. The molecule has 6 nitrogen and oxygen atoms in total. The number of halogens is 1. The quantitative estimate of drug-likeness (QED) is 0.851. The van der Waals surface area contributed by atoms with Gasteiger partial charge in [0.05, 0.1) is 17.9 Å². The highest BCUT2D eigenvalue weighted by atomic mass is 79.9. The van der Waals surface area contributed by atoms with Gasteiger partial charge in [0.1, 0.15) is 5.75 Å². The van der Waals surface area contributed by atoms with Crippen LogP contribution in [-0.2, 0) is 14.8 Å². The van der Waals surface area contributed by atoms with E-state index in [1.165, 1.54) is 17.5 Å². The van der Waals surface area contributed by atoms with Gasteiger partial charge >= 0.3 is 5.97 Å². The third-order valence-electron chi connectivity index (χ3n) is 3.90. The molecule has 2 atom stereocenters. The van der Waals surface area contributed by atoms with Gasteiger partial charge in [-0.3, -0.25) is 4.79 Å². The van der Waals surface area contributed by atoms with Crippen molar-refractivity contribution in [3.63, 3.8) is 0 Å². The van der Waals surface area contributed by atoms with Crippen LogP contribution in [0, 0.1) is 5.92 Å². The zero-order valence-corrected chi connectivity index (χ0v) is 14.7. The summed E-state index contributed by atoms with van der Waals surface area (Å²) in [6, 6.07) is 4.39. The van der Waals surface area contributed by atoms with Gasteiger partial charge in [-0.25, -0.2) is 8.42 Å². The van der Waals surface area contributed by atoms with E-state index in [4.69, 9.17) is 9.84 Å². The average molecular weight is 392 g/mol. The highest BCUT2D eigenvalue weighted by Gasteiger charge is 2.38. The van der Waals surface area contributed by atoms with E-state index in [-0.39, 0.29) is 17.5 Å². The number of carboxylic acids is 1. The van der Waals surface area contributed by atoms with Crippen LogP contribution in [0.25, 0.3) is 0 Å². The van der Waals surface area contributed by atoms with Gasteiger partial charge in [-0.05, 0) is 53.9 Å². The van der Waals surface area contributed by atoms with Gasteiger partial charge in [0.2, 0.25) is 10.0 Å². The minimum atomic E-state index is -3.77. The summed E-state index contributed by atoms with van der Waals surface area (Å²) in [5.74, 6) is -1.08. The van der Waals surface area contributed by atoms with Gasteiger partial charge in [-0.1, -0.05) is 0 Å². The van der Waals surface area contributed by atoms with Crippen LogP contribution in [0.5, 0.6) is 5.75 Å². The maximum Gasteiger partial charge on any atom is 0.307 e. The molecular formula is C14H18BrNO5S. The first-order chi connectivity index (χ1) is 10.3. The van der Waals surface area contributed by atoms with Crippen molar-refractivity contribution in [2.24, 2.45) is 5.92 Å². The Kier molecular flexibility index (Phi) is 5.14. The number of carbonyl (C=O) groups is 1. The number of hydrogen-bond donors (Lipinski definition) is 1. The Balaban J connectivity index is 2.38. The topological polar surface area (TPSA) is 83.9 Å². The SMILES string of the molecule is COc1ccc(S(=O)(=O)N2CC(C(=O)O)CCC2C)c(Br)c1. The number of carboxylic acid groups (broad SMARTS) is 1. The minimum absolute atomic E-state index is 0.00268. The fourth-order valence-corrected chi connectivity index (χ4v) is 5.28. The van der Waals surface area contributed by atoms with Crippen LogP contribution in [0.3, 0.4) is 0 Å². The van der Waals surface area contributed by atoms with Crippen molar-refractivity contribution < 1.29 is 23.1 Å². The number of benzene rings is 1. The Morgan fingerprint density at radius 2 is 2.09 bits per heavy atom. The third-order valence-corrected chi connectivity index (χ3v) is 6.86. The zero-order chi connectivity index (χ0) is 16.5. The predicted octanol–water partition coefficient (Wildman–Crippen LogP) is 2.33. The molecule has 1 heterocycles. The fourth-order valence-electron chi connectivity index (χ4n) is 2.56. The normalized spacial score (nSPS) is 23.2. The number of ether oxygens (including phenoxy) is 1. The zero-order valence-electron chi connectivity index (χ0n) is 12.3. The Morgan fingerprint density at radius 3 is 2.64 bits per heavy atom. The van der Waals surface area contributed by atoms with Crippen LogP contribution in [0.1, 0.15) is 19.8 Å². The Bertz CT molecular complexity index is 676. The smallest absolute Gasteiger partial charge is 0.307 e. The fraction of sp³-hybridized carbons (Fsp3) is 0.500. The highest BCUT2D eigenvalue weighted by molar-refractivity contribution is 9.10. The van der Waals surface area contributed by atoms with E-state index < -0.39 is 21.9 Å². The van der Waals surface area contributed by atoms with Gasteiger partial charge in [0.25, 0.3) is 0 Å². The highest BCUT2D eigenvalue weighted by Crippen LogP contribution is 2.33. The number of nitrogens with zero attached hydrogens (tertiary/aromatic N) is 1. The monoisotopic (exact) mass is 391 g/mol. The first-order valence-corrected chi connectivity index (χ1v) is 9.09. The molecule has 1 aliphatic heterocycles. The van der Waals surface area contributed by atoms with Gasteiger partial charge in [0.15, 0.2) is 0 Å². The van der Waals surface area contributed by atoms with E-state index in [9.17, 15) is 13.2 Å². The summed E-state index contributed by atoms with van der Waals surface area (Å²) in [4.78, 5) is 11.3. The lowest BCUT2D eigenvalue weighted by Gasteiger charge is -2.35. The molecule has 0 amide bonds. The number of hydrogen-bond acceptors (Lipinski definition) is 4. The van der Waals surface area contributed by atoms with E-state index in [0.717, 1.165) is 0 Å². The summed E-state index contributed by atoms with van der Waals surface area (Å²) in [7, 11) is -2.27. The molecule has 2 rings (SSSR count). The van der Waals surface area contributed by atoms with Crippen molar-refractivity contribution in [1.82, 2.24) is 4.31 Å². The molecule has 1 saturated heterocycles. The summed E-state index contributed by atoms with van der Waals surface area (Å²) in [6.07, 6.45) is 1.02. The van der Waals surface area contributed by atoms with Crippen molar-refractivity contribution in [1.29, 1.82) is 0 Å². The number of methoxy groups -OCH3 is 1. The van der Waals surface area contributed by atoms with Crippen LogP contribution < -0.4 is 4.74 Å².